The summed E-state index contributed by atoms with van der Waals surface area (Å²) in [5.41, 5.74) is 1.03. The lowest BCUT2D eigenvalue weighted by Gasteiger charge is -2.33. The number of aryl methyl sites for hydroxylation is 1. The van der Waals surface area contributed by atoms with Gasteiger partial charge in [-0.25, -0.2) is 9.97 Å². The molecule has 0 aromatic carbocycles. The number of hydrogen-bond donors (Lipinski definition) is 2. The van der Waals surface area contributed by atoms with Gasteiger partial charge in [0.2, 0.25) is 0 Å². The maximum absolute atomic E-state index is 12.9. The molecule has 6 nitrogen and oxygen atoms in total. The summed E-state index contributed by atoms with van der Waals surface area (Å²) in [5.74, 6) is 1.07. The maximum atomic E-state index is 12.9. The quantitative estimate of drug-likeness (QED) is 0.805. The van der Waals surface area contributed by atoms with E-state index in [9.17, 15) is 4.79 Å². The summed E-state index contributed by atoms with van der Waals surface area (Å²) in [4.78, 5) is 27.9. The lowest BCUT2D eigenvalue weighted by atomic mass is 9.95. The Hall–Kier alpha value is -1.73. The molecule has 1 amide bonds. The number of nitrogens with one attached hydrogen (secondary N) is 2. The number of aromatic nitrogens is 2. The van der Waals surface area contributed by atoms with E-state index in [1.807, 2.05) is 0 Å². The van der Waals surface area contributed by atoms with Crippen molar-refractivity contribution in [2.45, 2.75) is 58.4 Å². The molecule has 3 heterocycles. The van der Waals surface area contributed by atoms with Crippen LogP contribution in [0.2, 0.25) is 0 Å². The highest BCUT2D eigenvalue weighted by Gasteiger charge is 2.26. The average molecular weight is 403 g/mol. The van der Waals surface area contributed by atoms with Gasteiger partial charge in [0.1, 0.15) is 17.0 Å². The van der Waals surface area contributed by atoms with E-state index in [1.54, 1.807) is 11.2 Å². The van der Waals surface area contributed by atoms with Gasteiger partial charge in [-0.1, -0.05) is 26.2 Å². The van der Waals surface area contributed by atoms with Crippen LogP contribution >= 0.6 is 11.3 Å². The summed E-state index contributed by atoms with van der Waals surface area (Å²) in [5, 5.41) is 4.33. The van der Waals surface area contributed by atoms with Crippen LogP contribution in [0.5, 0.6) is 0 Å². The third-order valence-corrected chi connectivity index (χ3v) is 7.43. The van der Waals surface area contributed by atoms with Crippen molar-refractivity contribution in [3.63, 3.8) is 0 Å². The fourth-order valence-electron chi connectivity index (χ4n) is 4.65. The molecule has 2 N–H and O–H groups in total. The summed E-state index contributed by atoms with van der Waals surface area (Å²) in [7, 11) is 0. The molecule has 1 saturated heterocycles. The zero-order valence-electron chi connectivity index (χ0n) is 17.1. The van der Waals surface area contributed by atoms with Crippen LogP contribution in [-0.4, -0.2) is 54.6 Å². The largest absolute Gasteiger partial charge is 0.349 e. The van der Waals surface area contributed by atoms with Crippen LogP contribution in [0.15, 0.2) is 6.33 Å². The molecule has 0 atom stereocenters. The molecular weight excluding hydrogens is 370 g/mol. The van der Waals surface area contributed by atoms with Crippen molar-refractivity contribution >= 4 is 33.3 Å². The first kappa shape index (κ1) is 19.6. The van der Waals surface area contributed by atoms with Crippen LogP contribution in [0.25, 0.3) is 10.2 Å². The van der Waals surface area contributed by atoms with E-state index >= 15 is 0 Å². The lowest BCUT2D eigenvalue weighted by Crippen LogP contribution is -3.14. The van der Waals surface area contributed by atoms with Crippen LogP contribution < -0.4 is 15.1 Å². The van der Waals surface area contributed by atoms with Gasteiger partial charge in [-0.05, 0) is 31.7 Å². The van der Waals surface area contributed by atoms with Gasteiger partial charge in [0.15, 0.2) is 0 Å². The molecular formula is C21H32N5OS+. The number of piperazine rings is 1. The van der Waals surface area contributed by atoms with E-state index in [1.165, 1.54) is 43.6 Å². The number of anilines is 1. The molecule has 1 aliphatic heterocycles. The Labute approximate surface area is 171 Å². The topological polar surface area (TPSA) is 62.6 Å². The molecule has 4 rings (SSSR count). The predicted molar refractivity (Wildman–Crippen MR) is 115 cm³/mol. The number of rotatable bonds is 5. The second-order valence-electron chi connectivity index (χ2n) is 8.23. The highest BCUT2D eigenvalue weighted by molar-refractivity contribution is 7.20. The molecule has 152 valence electrons. The van der Waals surface area contributed by atoms with Gasteiger partial charge in [-0.3, -0.25) is 4.79 Å². The van der Waals surface area contributed by atoms with Crippen molar-refractivity contribution < 1.29 is 9.69 Å². The van der Waals surface area contributed by atoms with Crippen molar-refractivity contribution in [1.82, 2.24) is 15.3 Å². The molecule has 28 heavy (non-hydrogen) atoms. The van der Waals surface area contributed by atoms with Gasteiger partial charge < -0.3 is 15.1 Å². The van der Waals surface area contributed by atoms with Gasteiger partial charge in [0.25, 0.3) is 5.91 Å². The normalized spacial score (nSPS) is 19.3. The van der Waals surface area contributed by atoms with Crippen molar-refractivity contribution in [3.8, 4) is 0 Å². The Morgan fingerprint density at radius 1 is 1.25 bits per heavy atom. The minimum atomic E-state index is 0.0653. The first-order chi connectivity index (χ1) is 13.7. The summed E-state index contributed by atoms with van der Waals surface area (Å²) in [6, 6.07) is 0.325. The highest BCUT2D eigenvalue weighted by atomic mass is 32.1. The zero-order chi connectivity index (χ0) is 19.5. The third kappa shape index (κ3) is 4.01. The zero-order valence-corrected chi connectivity index (χ0v) is 17.9. The second kappa shape index (κ2) is 8.74. The van der Waals surface area contributed by atoms with Gasteiger partial charge in [-0.2, -0.15) is 0 Å². The van der Waals surface area contributed by atoms with Crippen molar-refractivity contribution in [3.05, 3.63) is 16.8 Å². The molecule has 1 aliphatic carbocycles. The van der Waals surface area contributed by atoms with Gasteiger partial charge >= 0.3 is 0 Å². The lowest BCUT2D eigenvalue weighted by molar-refractivity contribution is -0.900. The fourth-order valence-corrected chi connectivity index (χ4v) is 5.69. The molecule has 0 spiro atoms. The molecule has 1 saturated carbocycles. The third-order valence-electron chi connectivity index (χ3n) is 6.23. The van der Waals surface area contributed by atoms with Crippen molar-refractivity contribution in [2.75, 3.05) is 37.6 Å². The van der Waals surface area contributed by atoms with E-state index in [2.05, 4.69) is 34.0 Å². The van der Waals surface area contributed by atoms with Gasteiger partial charge in [-0.15, -0.1) is 11.3 Å². The maximum Gasteiger partial charge on any atom is 0.261 e. The predicted octanol–water partition coefficient (Wildman–Crippen LogP) is 2.18. The van der Waals surface area contributed by atoms with Crippen LogP contribution in [0.1, 0.15) is 60.7 Å². The molecule has 0 radical (unpaired) electrons. The fraction of sp³-hybridized carbons (Fsp3) is 0.667. The molecule has 2 aromatic heterocycles. The number of carbonyl (C=O) groups is 1. The van der Waals surface area contributed by atoms with Crippen molar-refractivity contribution in [1.29, 1.82) is 0 Å². The number of fused-ring (bicyclic) bond motifs is 1. The van der Waals surface area contributed by atoms with Crippen LogP contribution in [0, 0.1) is 6.92 Å². The van der Waals surface area contributed by atoms with Crippen LogP contribution in [-0.2, 0) is 0 Å². The Kier molecular flexibility index (Phi) is 6.11. The Balaban J connectivity index is 1.55. The van der Waals surface area contributed by atoms with Crippen LogP contribution in [0.3, 0.4) is 0 Å². The Bertz CT molecular complexity index is 822. The van der Waals surface area contributed by atoms with E-state index < -0.39 is 0 Å². The molecule has 2 fully saturated rings. The number of thiophene rings is 1. The Morgan fingerprint density at radius 3 is 2.71 bits per heavy atom. The standard InChI is InChI=1S/C21H31N5OS/c1-3-9-25-10-12-26(13-11-25)19-17-15(2)18(28-21(17)23-14-22-19)20(27)24-16-7-5-4-6-8-16/h14,16H,3-13H2,1-2H3,(H,24,27)/p+1. The van der Waals surface area contributed by atoms with E-state index in [-0.39, 0.29) is 5.91 Å². The minimum Gasteiger partial charge on any atom is -0.349 e. The van der Waals surface area contributed by atoms with Crippen LogP contribution in [0.4, 0.5) is 5.82 Å². The van der Waals surface area contributed by atoms with E-state index in [0.717, 1.165) is 65.5 Å². The molecule has 2 aromatic rings. The molecule has 7 heteroatoms. The summed E-state index contributed by atoms with van der Waals surface area (Å²) < 4.78 is 0. The second-order valence-corrected chi connectivity index (χ2v) is 9.23. The average Bonchev–Trinajstić information content (AvgIpc) is 3.07. The van der Waals surface area contributed by atoms with Gasteiger partial charge in [0, 0.05) is 6.04 Å². The number of quaternary nitrogens is 1. The minimum absolute atomic E-state index is 0.0653. The smallest absolute Gasteiger partial charge is 0.261 e. The number of carbonyl (C=O) groups excluding carboxylic acids is 1. The monoisotopic (exact) mass is 402 g/mol. The van der Waals surface area contributed by atoms with Crippen molar-refractivity contribution in [2.24, 2.45) is 0 Å². The number of hydrogen-bond acceptors (Lipinski definition) is 5. The SMILES string of the molecule is CCC[NH+]1CCN(c2ncnc3sc(C(=O)NC4CCCCC4)c(C)c23)CC1. The molecule has 0 bridgehead atoms. The highest BCUT2D eigenvalue weighted by Crippen LogP contribution is 2.35. The molecule has 2 aliphatic rings. The van der Waals surface area contributed by atoms with E-state index in [4.69, 9.17) is 0 Å². The summed E-state index contributed by atoms with van der Waals surface area (Å²) >= 11 is 1.51. The summed E-state index contributed by atoms with van der Waals surface area (Å²) in [6.07, 6.45) is 8.82. The number of nitrogens with zero attached hydrogens (tertiary/aromatic N) is 3. The first-order valence-electron chi connectivity index (χ1n) is 10.8. The Morgan fingerprint density at radius 2 is 2.00 bits per heavy atom. The summed E-state index contributed by atoms with van der Waals surface area (Å²) in [6.45, 7) is 9.88. The first-order valence-corrected chi connectivity index (χ1v) is 11.6. The van der Waals surface area contributed by atoms with E-state index in [0.29, 0.717) is 6.04 Å². The number of amides is 1. The van der Waals surface area contributed by atoms with Gasteiger partial charge in [0.05, 0.1) is 43.0 Å². The molecule has 0 unspecified atom stereocenters.